The Morgan fingerprint density at radius 3 is 2.13 bits per heavy atom. The van der Waals surface area contributed by atoms with Crippen molar-refractivity contribution in [2.24, 2.45) is 5.92 Å². The first kappa shape index (κ1) is 14.9. The van der Waals surface area contributed by atoms with Gasteiger partial charge in [-0.1, -0.05) is 46.5 Å². The van der Waals surface area contributed by atoms with Gasteiger partial charge in [0.15, 0.2) is 6.29 Å². The molecule has 0 aliphatic carbocycles. The molecule has 0 heterocycles. The van der Waals surface area contributed by atoms with Crippen LogP contribution in [-0.2, 0) is 4.74 Å². The normalized spacial score (nSPS) is 15.2. The zero-order valence-corrected chi connectivity index (χ0v) is 10.7. The highest BCUT2D eigenvalue weighted by Crippen LogP contribution is 2.20. The second-order valence-electron chi connectivity index (χ2n) is 4.31. The second kappa shape index (κ2) is 10.4. The Balaban J connectivity index is 3.75. The fourth-order valence-electron chi connectivity index (χ4n) is 1.75. The lowest BCUT2D eigenvalue weighted by molar-refractivity contribution is -0.138. The molecule has 92 valence electrons. The van der Waals surface area contributed by atoms with Crippen molar-refractivity contribution in [3.8, 4) is 0 Å². The van der Waals surface area contributed by atoms with Gasteiger partial charge >= 0.3 is 0 Å². The summed E-state index contributed by atoms with van der Waals surface area (Å²) in [5.41, 5.74) is 0. The minimum absolute atomic E-state index is 0.340. The molecule has 0 aromatic heterocycles. The maximum absolute atomic E-state index is 9.87. The maximum Gasteiger partial charge on any atom is 0.157 e. The number of unbranched alkanes of at least 4 members (excludes halogenated alkanes) is 2. The third-order valence-electron chi connectivity index (χ3n) is 2.78. The topological polar surface area (TPSA) is 29.5 Å². The van der Waals surface area contributed by atoms with E-state index in [9.17, 15) is 5.11 Å². The summed E-state index contributed by atoms with van der Waals surface area (Å²) in [7, 11) is 0. The Bertz CT molecular complexity index is 126. The fourth-order valence-corrected chi connectivity index (χ4v) is 1.75. The van der Waals surface area contributed by atoms with Gasteiger partial charge in [-0.2, -0.15) is 0 Å². The lowest BCUT2D eigenvalue weighted by Crippen LogP contribution is -2.24. The largest absolute Gasteiger partial charge is 0.368 e. The summed E-state index contributed by atoms with van der Waals surface area (Å²) < 4.78 is 5.45. The molecule has 2 heteroatoms. The monoisotopic (exact) mass is 216 g/mol. The Hall–Kier alpha value is -0.0800. The Morgan fingerprint density at radius 2 is 1.60 bits per heavy atom. The van der Waals surface area contributed by atoms with E-state index < -0.39 is 6.29 Å². The molecular weight excluding hydrogens is 188 g/mol. The predicted molar refractivity (Wildman–Crippen MR) is 64.8 cm³/mol. The van der Waals surface area contributed by atoms with E-state index in [-0.39, 0.29) is 0 Å². The van der Waals surface area contributed by atoms with E-state index in [0.29, 0.717) is 12.5 Å². The molecule has 0 aromatic rings. The van der Waals surface area contributed by atoms with Crippen LogP contribution in [0.25, 0.3) is 0 Å². The van der Waals surface area contributed by atoms with Gasteiger partial charge in [-0.15, -0.1) is 0 Å². The van der Waals surface area contributed by atoms with E-state index in [2.05, 4.69) is 20.8 Å². The highest BCUT2D eigenvalue weighted by molar-refractivity contribution is 4.61. The van der Waals surface area contributed by atoms with Crippen molar-refractivity contribution < 1.29 is 9.84 Å². The molecular formula is C13H28O2. The highest BCUT2D eigenvalue weighted by atomic mass is 16.6. The lowest BCUT2D eigenvalue weighted by atomic mass is 9.96. The van der Waals surface area contributed by atoms with Crippen LogP contribution in [0, 0.1) is 5.92 Å². The van der Waals surface area contributed by atoms with Gasteiger partial charge in [0, 0.05) is 12.5 Å². The SMILES string of the molecule is CCCCOC(O)C(CCC)CCCC. The highest BCUT2D eigenvalue weighted by Gasteiger charge is 2.17. The second-order valence-corrected chi connectivity index (χ2v) is 4.31. The number of rotatable bonds is 10. The number of hydrogen-bond acceptors (Lipinski definition) is 2. The molecule has 0 aliphatic heterocycles. The van der Waals surface area contributed by atoms with Crippen molar-refractivity contribution in [2.45, 2.75) is 72.0 Å². The average molecular weight is 216 g/mol. The summed E-state index contributed by atoms with van der Waals surface area (Å²) >= 11 is 0. The van der Waals surface area contributed by atoms with Crippen LogP contribution in [0.5, 0.6) is 0 Å². The number of ether oxygens (including phenoxy) is 1. The van der Waals surface area contributed by atoms with Crippen LogP contribution >= 0.6 is 0 Å². The predicted octanol–water partition coefficient (Wildman–Crippen LogP) is 3.73. The van der Waals surface area contributed by atoms with E-state index in [4.69, 9.17) is 4.74 Å². The molecule has 0 amide bonds. The summed E-state index contributed by atoms with van der Waals surface area (Å²) in [6.07, 6.45) is 7.32. The van der Waals surface area contributed by atoms with Crippen LogP contribution in [0.1, 0.15) is 65.7 Å². The molecule has 0 fully saturated rings. The maximum atomic E-state index is 9.87. The molecule has 0 rings (SSSR count). The molecule has 2 nitrogen and oxygen atoms in total. The van der Waals surface area contributed by atoms with Crippen molar-refractivity contribution in [3.63, 3.8) is 0 Å². The van der Waals surface area contributed by atoms with Gasteiger partial charge in [0.2, 0.25) is 0 Å². The van der Waals surface area contributed by atoms with Gasteiger partial charge in [0.05, 0.1) is 0 Å². The Morgan fingerprint density at radius 1 is 0.933 bits per heavy atom. The van der Waals surface area contributed by atoms with Crippen LogP contribution < -0.4 is 0 Å². The molecule has 0 spiro atoms. The first-order valence-corrected chi connectivity index (χ1v) is 6.55. The quantitative estimate of drug-likeness (QED) is 0.445. The third-order valence-corrected chi connectivity index (χ3v) is 2.78. The molecule has 0 saturated carbocycles. The van der Waals surface area contributed by atoms with Crippen molar-refractivity contribution in [1.29, 1.82) is 0 Å². The minimum atomic E-state index is -0.539. The Labute approximate surface area is 95.0 Å². The van der Waals surface area contributed by atoms with Crippen LogP contribution in [-0.4, -0.2) is 18.0 Å². The van der Waals surface area contributed by atoms with Crippen LogP contribution in [0.3, 0.4) is 0 Å². The van der Waals surface area contributed by atoms with Gasteiger partial charge in [-0.3, -0.25) is 0 Å². The van der Waals surface area contributed by atoms with Gasteiger partial charge in [-0.05, 0) is 19.3 Å². The lowest BCUT2D eigenvalue weighted by Gasteiger charge is -2.22. The number of aliphatic hydroxyl groups excluding tert-OH is 1. The number of hydrogen-bond donors (Lipinski definition) is 1. The molecule has 0 saturated heterocycles. The van der Waals surface area contributed by atoms with E-state index in [1.807, 2.05) is 0 Å². The molecule has 0 aliphatic rings. The molecule has 1 N–H and O–H groups in total. The molecule has 2 unspecified atom stereocenters. The summed E-state index contributed by atoms with van der Waals surface area (Å²) in [4.78, 5) is 0. The van der Waals surface area contributed by atoms with Crippen LogP contribution in [0.4, 0.5) is 0 Å². The van der Waals surface area contributed by atoms with E-state index in [0.717, 1.165) is 32.1 Å². The van der Waals surface area contributed by atoms with Crippen molar-refractivity contribution >= 4 is 0 Å². The van der Waals surface area contributed by atoms with Crippen LogP contribution in [0.2, 0.25) is 0 Å². The van der Waals surface area contributed by atoms with E-state index in [1.54, 1.807) is 0 Å². The summed E-state index contributed by atoms with van der Waals surface area (Å²) in [6.45, 7) is 7.19. The molecule has 15 heavy (non-hydrogen) atoms. The van der Waals surface area contributed by atoms with Crippen LogP contribution in [0.15, 0.2) is 0 Å². The van der Waals surface area contributed by atoms with E-state index >= 15 is 0 Å². The smallest absolute Gasteiger partial charge is 0.157 e. The van der Waals surface area contributed by atoms with Crippen molar-refractivity contribution in [1.82, 2.24) is 0 Å². The number of aliphatic hydroxyl groups is 1. The van der Waals surface area contributed by atoms with Crippen molar-refractivity contribution in [2.75, 3.05) is 6.61 Å². The van der Waals surface area contributed by atoms with Crippen molar-refractivity contribution in [3.05, 3.63) is 0 Å². The van der Waals surface area contributed by atoms with E-state index in [1.165, 1.54) is 12.8 Å². The summed E-state index contributed by atoms with van der Waals surface area (Å²) in [5.74, 6) is 0.340. The van der Waals surface area contributed by atoms with Gasteiger partial charge in [0.1, 0.15) is 0 Å². The summed E-state index contributed by atoms with van der Waals surface area (Å²) in [6, 6.07) is 0. The average Bonchev–Trinajstić information content (AvgIpc) is 2.24. The molecule has 0 aromatic carbocycles. The third kappa shape index (κ3) is 7.80. The standard InChI is InChI=1S/C13H28O2/c1-4-7-10-12(9-6-3)13(14)15-11-8-5-2/h12-14H,4-11H2,1-3H3. The minimum Gasteiger partial charge on any atom is -0.368 e. The Kier molecular flexibility index (Phi) is 10.4. The summed E-state index contributed by atoms with van der Waals surface area (Å²) in [5, 5.41) is 9.87. The van der Waals surface area contributed by atoms with Gasteiger partial charge in [-0.25, -0.2) is 0 Å². The first-order chi connectivity index (χ1) is 7.26. The first-order valence-electron chi connectivity index (χ1n) is 6.55. The molecule has 2 atom stereocenters. The molecule has 0 bridgehead atoms. The fraction of sp³-hybridized carbons (Fsp3) is 1.00. The molecule has 0 radical (unpaired) electrons. The zero-order chi connectivity index (χ0) is 11.5. The zero-order valence-electron chi connectivity index (χ0n) is 10.7. The van der Waals surface area contributed by atoms with Gasteiger partial charge in [0.25, 0.3) is 0 Å². The van der Waals surface area contributed by atoms with Gasteiger partial charge < -0.3 is 9.84 Å².